The average Bonchev–Trinajstić information content (AvgIpc) is 3.82. The summed E-state index contributed by atoms with van der Waals surface area (Å²) in [6, 6.07) is 49.7. The first kappa shape index (κ1) is 26.7. The molecule has 11 rings (SSSR count). The Morgan fingerprint density at radius 1 is 0.490 bits per heavy atom. The Morgan fingerprint density at radius 3 is 2.06 bits per heavy atom. The summed E-state index contributed by atoms with van der Waals surface area (Å²) in [4.78, 5) is 16.2. The van der Waals surface area contributed by atoms with Crippen molar-refractivity contribution >= 4 is 86.0 Å². The molecule has 0 bridgehead atoms. The summed E-state index contributed by atoms with van der Waals surface area (Å²) in [5, 5.41) is 9.44. The molecule has 49 heavy (non-hydrogen) atoms. The zero-order valence-electron chi connectivity index (χ0n) is 26.1. The summed E-state index contributed by atoms with van der Waals surface area (Å²) in [6.07, 6.45) is 3.73. The number of nitrogens with zero attached hydrogens (tertiary/aromatic N) is 5. The van der Waals surface area contributed by atoms with Crippen LogP contribution in [0.3, 0.4) is 0 Å². The molecule has 0 spiro atoms. The molecule has 0 radical (unpaired) electrons. The lowest BCUT2D eigenvalue weighted by Crippen LogP contribution is -2.02. The van der Waals surface area contributed by atoms with Crippen molar-refractivity contribution in [1.29, 1.82) is 0 Å². The number of rotatable bonds is 3. The fourth-order valence-corrected chi connectivity index (χ4v) is 8.81. The predicted octanol–water partition coefficient (Wildman–Crippen LogP) is 11.3. The number of pyridine rings is 1. The lowest BCUT2D eigenvalue weighted by Gasteiger charge is -2.11. The summed E-state index contributed by atoms with van der Waals surface area (Å²) in [5.41, 5.74) is 7.57. The predicted molar refractivity (Wildman–Crippen MR) is 204 cm³/mol. The van der Waals surface area contributed by atoms with Gasteiger partial charge >= 0.3 is 0 Å². The van der Waals surface area contributed by atoms with Crippen molar-refractivity contribution in [1.82, 2.24) is 24.1 Å². The SMILES string of the molecule is c1ccc2cc(-c3nc(-n4c5ccccc5c5c4ccc4c6ccccc6n(-c6ccncc6)c45)nc4sc5ccccc5c34)ccc2c1. The highest BCUT2D eigenvalue weighted by atomic mass is 32.1. The average molecular weight is 644 g/mol. The molecule has 0 unspecified atom stereocenters. The molecule has 228 valence electrons. The topological polar surface area (TPSA) is 48.5 Å². The van der Waals surface area contributed by atoms with Crippen molar-refractivity contribution in [3.8, 4) is 22.9 Å². The number of hydrogen-bond acceptors (Lipinski definition) is 4. The van der Waals surface area contributed by atoms with E-state index in [2.05, 4.69) is 154 Å². The number of para-hydroxylation sites is 2. The van der Waals surface area contributed by atoms with Crippen molar-refractivity contribution in [3.05, 3.63) is 152 Å². The highest BCUT2D eigenvalue weighted by molar-refractivity contribution is 7.25. The van der Waals surface area contributed by atoms with E-state index in [0.29, 0.717) is 5.95 Å². The fraction of sp³-hybridized carbons (Fsp3) is 0. The molecule has 11 aromatic rings. The van der Waals surface area contributed by atoms with E-state index in [1.165, 1.54) is 37.0 Å². The Bertz CT molecular complexity index is 3110. The van der Waals surface area contributed by atoms with E-state index in [-0.39, 0.29) is 0 Å². The summed E-state index contributed by atoms with van der Waals surface area (Å²) < 4.78 is 5.84. The van der Waals surface area contributed by atoms with E-state index in [9.17, 15) is 0 Å². The first-order valence-electron chi connectivity index (χ1n) is 16.4. The zero-order chi connectivity index (χ0) is 32.1. The number of thiophene rings is 1. The molecule has 5 nitrogen and oxygen atoms in total. The molecule has 0 aliphatic rings. The van der Waals surface area contributed by atoms with Crippen molar-refractivity contribution in [2.24, 2.45) is 0 Å². The van der Waals surface area contributed by atoms with Gasteiger partial charge in [-0.05, 0) is 53.2 Å². The lowest BCUT2D eigenvalue weighted by molar-refractivity contribution is 1.02. The molecule has 5 heterocycles. The molecule has 0 saturated carbocycles. The van der Waals surface area contributed by atoms with Crippen molar-refractivity contribution in [2.75, 3.05) is 0 Å². The third-order valence-corrected chi connectivity index (χ3v) is 10.9. The first-order chi connectivity index (χ1) is 24.3. The maximum atomic E-state index is 5.49. The molecular formula is C43H25N5S. The Hall–Kier alpha value is -6.37. The van der Waals surface area contributed by atoms with Gasteiger partial charge in [-0.15, -0.1) is 11.3 Å². The van der Waals surface area contributed by atoms with Crippen LogP contribution in [0.15, 0.2) is 152 Å². The van der Waals surface area contributed by atoms with Crippen LogP contribution in [0.2, 0.25) is 0 Å². The van der Waals surface area contributed by atoms with Crippen molar-refractivity contribution in [3.63, 3.8) is 0 Å². The smallest absolute Gasteiger partial charge is 0.236 e. The summed E-state index contributed by atoms with van der Waals surface area (Å²) >= 11 is 1.73. The Labute approximate surface area is 284 Å². The van der Waals surface area contributed by atoms with Gasteiger partial charge in [0.15, 0.2) is 0 Å². The largest absolute Gasteiger partial charge is 0.308 e. The van der Waals surface area contributed by atoms with Gasteiger partial charge in [-0.2, -0.15) is 0 Å². The molecule has 0 atom stereocenters. The third-order valence-electron chi connectivity index (χ3n) is 9.84. The second kappa shape index (κ2) is 10.1. The molecule has 0 aliphatic carbocycles. The van der Waals surface area contributed by atoms with Gasteiger partial charge in [-0.3, -0.25) is 9.55 Å². The standard InChI is InChI=1S/C43H25N5S/c1-2-10-27-25-28(18-17-26(27)9-1)40-39-33-13-5-8-16-37(33)49-42(39)46-43(45-40)48-35-15-7-4-12-32(35)38-36(48)20-19-31-30-11-3-6-14-34(30)47(41(31)38)29-21-23-44-24-22-29/h1-25H. The van der Waals surface area contributed by atoms with Crippen LogP contribution >= 0.6 is 11.3 Å². The van der Waals surface area contributed by atoms with Crippen molar-refractivity contribution in [2.45, 2.75) is 0 Å². The van der Waals surface area contributed by atoms with Crippen LogP contribution in [0.1, 0.15) is 0 Å². The molecule has 0 aliphatic heterocycles. The fourth-order valence-electron chi connectivity index (χ4n) is 7.74. The zero-order valence-corrected chi connectivity index (χ0v) is 26.9. The van der Waals surface area contributed by atoms with Crippen LogP contribution in [0.5, 0.6) is 0 Å². The van der Waals surface area contributed by atoms with E-state index < -0.39 is 0 Å². The summed E-state index contributed by atoms with van der Waals surface area (Å²) in [7, 11) is 0. The van der Waals surface area contributed by atoms with Crippen LogP contribution in [0.25, 0.3) is 97.6 Å². The molecule has 6 heteroatoms. The van der Waals surface area contributed by atoms with Crippen LogP contribution in [0, 0.1) is 0 Å². The number of aromatic nitrogens is 5. The summed E-state index contributed by atoms with van der Waals surface area (Å²) in [5.74, 6) is 0.666. The van der Waals surface area contributed by atoms with Crippen LogP contribution in [-0.4, -0.2) is 24.1 Å². The second-order valence-corrected chi connectivity index (χ2v) is 13.5. The highest BCUT2D eigenvalue weighted by Crippen LogP contribution is 2.43. The highest BCUT2D eigenvalue weighted by Gasteiger charge is 2.23. The number of benzene rings is 6. The van der Waals surface area contributed by atoms with E-state index >= 15 is 0 Å². The monoisotopic (exact) mass is 643 g/mol. The normalized spacial score (nSPS) is 12.1. The molecule has 0 saturated heterocycles. The van der Waals surface area contributed by atoms with E-state index in [4.69, 9.17) is 9.97 Å². The Balaban J connectivity index is 1.29. The first-order valence-corrected chi connectivity index (χ1v) is 17.2. The van der Waals surface area contributed by atoms with Gasteiger partial charge in [0.25, 0.3) is 0 Å². The number of fused-ring (bicyclic) bond motifs is 11. The molecule has 6 aromatic carbocycles. The van der Waals surface area contributed by atoms with Gasteiger partial charge in [0, 0.05) is 60.7 Å². The van der Waals surface area contributed by atoms with Gasteiger partial charge in [-0.1, -0.05) is 97.1 Å². The maximum Gasteiger partial charge on any atom is 0.236 e. The van der Waals surface area contributed by atoms with E-state index in [1.807, 2.05) is 12.4 Å². The minimum atomic E-state index is 0.666. The molecular weight excluding hydrogens is 619 g/mol. The lowest BCUT2D eigenvalue weighted by atomic mass is 10.0. The molecule has 5 aromatic heterocycles. The van der Waals surface area contributed by atoms with Gasteiger partial charge in [-0.25, -0.2) is 9.97 Å². The molecule has 0 fully saturated rings. The third kappa shape index (κ3) is 3.77. The van der Waals surface area contributed by atoms with Crippen LogP contribution in [0.4, 0.5) is 0 Å². The van der Waals surface area contributed by atoms with Crippen LogP contribution in [-0.2, 0) is 0 Å². The maximum absolute atomic E-state index is 5.49. The Kier molecular flexibility index (Phi) is 5.48. The second-order valence-electron chi connectivity index (χ2n) is 12.5. The minimum absolute atomic E-state index is 0.666. The summed E-state index contributed by atoms with van der Waals surface area (Å²) in [6.45, 7) is 0. The molecule has 0 N–H and O–H groups in total. The Morgan fingerprint density at radius 2 is 1.20 bits per heavy atom. The minimum Gasteiger partial charge on any atom is -0.308 e. The van der Waals surface area contributed by atoms with E-state index in [0.717, 1.165) is 54.6 Å². The molecule has 0 amide bonds. The van der Waals surface area contributed by atoms with Gasteiger partial charge in [0.1, 0.15) is 4.83 Å². The van der Waals surface area contributed by atoms with Gasteiger partial charge < -0.3 is 4.57 Å². The quantitative estimate of drug-likeness (QED) is 0.192. The van der Waals surface area contributed by atoms with Gasteiger partial charge in [0.2, 0.25) is 5.95 Å². The van der Waals surface area contributed by atoms with Gasteiger partial charge in [0.05, 0.1) is 27.8 Å². The van der Waals surface area contributed by atoms with Crippen LogP contribution < -0.4 is 0 Å². The van der Waals surface area contributed by atoms with Crippen molar-refractivity contribution < 1.29 is 0 Å². The van der Waals surface area contributed by atoms with E-state index in [1.54, 1.807) is 11.3 Å². The number of hydrogen-bond donors (Lipinski definition) is 0.